The third kappa shape index (κ3) is 5.78. The van der Waals surface area contributed by atoms with Crippen LogP contribution in [0.3, 0.4) is 0 Å². The molecule has 0 radical (unpaired) electrons. The van der Waals surface area contributed by atoms with Crippen LogP contribution in [0.1, 0.15) is 17.5 Å². The van der Waals surface area contributed by atoms with E-state index in [0.29, 0.717) is 24.4 Å². The van der Waals surface area contributed by atoms with Gasteiger partial charge in [-0.15, -0.1) is 11.3 Å². The number of alkyl halides is 3. The lowest BCUT2D eigenvalue weighted by molar-refractivity contribution is -0.139. The van der Waals surface area contributed by atoms with Crippen molar-refractivity contribution in [1.29, 1.82) is 5.26 Å². The molecule has 1 aliphatic rings. The van der Waals surface area contributed by atoms with E-state index in [0.717, 1.165) is 40.7 Å². The monoisotopic (exact) mass is 521 g/mol. The van der Waals surface area contributed by atoms with Gasteiger partial charge in [0.15, 0.2) is 0 Å². The minimum absolute atomic E-state index is 0.000885. The summed E-state index contributed by atoms with van der Waals surface area (Å²) in [5.74, 6) is -0.407. The van der Waals surface area contributed by atoms with Crippen molar-refractivity contribution in [2.75, 3.05) is 24.9 Å². The van der Waals surface area contributed by atoms with Crippen molar-refractivity contribution >= 4 is 27.0 Å². The number of benzene rings is 2. The number of anilines is 1. The zero-order chi connectivity index (χ0) is 25.2. The molecule has 0 spiro atoms. The molecule has 1 aromatic heterocycles. The van der Waals surface area contributed by atoms with Crippen LogP contribution in [0.25, 0.3) is 10.4 Å². The number of hydrogen-bond acceptors (Lipinski definition) is 6. The van der Waals surface area contributed by atoms with Crippen molar-refractivity contribution < 1.29 is 26.3 Å². The van der Waals surface area contributed by atoms with Crippen LogP contribution >= 0.6 is 11.3 Å². The van der Waals surface area contributed by atoms with Gasteiger partial charge in [-0.3, -0.25) is 4.72 Å². The van der Waals surface area contributed by atoms with Gasteiger partial charge in [0.05, 0.1) is 23.7 Å². The maximum absolute atomic E-state index is 13.5. The molecule has 0 aliphatic carbocycles. The first kappa shape index (κ1) is 25.0. The van der Waals surface area contributed by atoms with E-state index in [1.165, 1.54) is 6.07 Å². The van der Waals surface area contributed by atoms with Gasteiger partial charge in [0.25, 0.3) is 10.0 Å². The fraction of sp³-hybridized carbons (Fsp3) is 0.292. The molecule has 6 nitrogen and oxygen atoms in total. The van der Waals surface area contributed by atoms with E-state index in [4.69, 9.17) is 10.00 Å². The third-order valence-electron chi connectivity index (χ3n) is 5.58. The second-order valence-corrected chi connectivity index (χ2v) is 11.2. The number of hydrogen-bond donors (Lipinski definition) is 1. The van der Waals surface area contributed by atoms with Crippen LogP contribution in [0.2, 0.25) is 0 Å². The molecule has 2 heterocycles. The fourth-order valence-corrected chi connectivity index (χ4v) is 6.32. The highest BCUT2D eigenvalue weighted by molar-refractivity contribution is 7.94. The number of sulfonamides is 1. The van der Waals surface area contributed by atoms with Gasteiger partial charge in [-0.1, -0.05) is 24.3 Å². The highest BCUT2D eigenvalue weighted by atomic mass is 32.2. The van der Waals surface area contributed by atoms with Gasteiger partial charge in [0.2, 0.25) is 0 Å². The summed E-state index contributed by atoms with van der Waals surface area (Å²) in [7, 11) is -2.21. The molecule has 35 heavy (non-hydrogen) atoms. The van der Waals surface area contributed by atoms with E-state index in [9.17, 15) is 21.6 Å². The Labute approximate surface area is 205 Å². The molecule has 0 bridgehead atoms. The lowest BCUT2D eigenvalue weighted by atomic mass is 10.0. The van der Waals surface area contributed by atoms with Gasteiger partial charge in [0.1, 0.15) is 16.1 Å². The molecule has 184 valence electrons. The summed E-state index contributed by atoms with van der Waals surface area (Å²) >= 11 is 1.01. The van der Waals surface area contributed by atoms with Crippen LogP contribution in [0.4, 0.5) is 18.9 Å². The van der Waals surface area contributed by atoms with Crippen LogP contribution in [0.15, 0.2) is 58.8 Å². The molecule has 11 heteroatoms. The minimum atomic E-state index is -4.64. The van der Waals surface area contributed by atoms with Crippen LogP contribution in [-0.2, 0) is 22.6 Å². The van der Waals surface area contributed by atoms with Gasteiger partial charge in [-0.25, -0.2) is 8.42 Å². The van der Waals surface area contributed by atoms with Crippen LogP contribution in [0, 0.1) is 11.3 Å². The van der Waals surface area contributed by atoms with Gasteiger partial charge in [-0.05, 0) is 48.9 Å². The highest BCUT2D eigenvalue weighted by Gasteiger charge is 2.36. The first-order valence-electron chi connectivity index (χ1n) is 10.7. The molecular formula is C24H22F3N3O3S2. The quantitative estimate of drug-likeness (QED) is 0.451. The molecule has 1 fully saturated rings. The smallest absolute Gasteiger partial charge is 0.419 e. The van der Waals surface area contributed by atoms with Crippen molar-refractivity contribution in [3.8, 4) is 22.3 Å². The summed E-state index contributed by atoms with van der Waals surface area (Å²) in [6.45, 7) is 1.19. The SMILES string of the molecule is CN1CCC(Oc2cc(NS(=O)(=O)c3ccc(-c4ccccc4CC#N)s3)ccc2C(F)(F)F)C1. The lowest BCUT2D eigenvalue weighted by Gasteiger charge is -2.19. The van der Waals surface area contributed by atoms with E-state index >= 15 is 0 Å². The summed E-state index contributed by atoms with van der Waals surface area (Å²) in [6, 6.07) is 15.4. The zero-order valence-electron chi connectivity index (χ0n) is 18.7. The van der Waals surface area contributed by atoms with E-state index < -0.39 is 33.6 Å². The second-order valence-electron chi connectivity index (χ2n) is 8.22. The largest absolute Gasteiger partial charge is 0.488 e. The minimum Gasteiger partial charge on any atom is -0.488 e. The average molecular weight is 522 g/mol. The molecule has 1 N–H and O–H groups in total. The fourth-order valence-electron chi connectivity index (χ4n) is 3.90. The number of nitriles is 1. The van der Waals surface area contributed by atoms with E-state index in [2.05, 4.69) is 10.8 Å². The Hall–Kier alpha value is -3.07. The molecule has 3 aromatic rings. The number of nitrogens with one attached hydrogen (secondary N) is 1. The number of rotatable bonds is 7. The van der Waals surface area contributed by atoms with E-state index in [1.54, 1.807) is 24.3 Å². The topological polar surface area (TPSA) is 82.4 Å². The molecule has 1 unspecified atom stereocenters. The Kier molecular flexibility index (Phi) is 7.07. The Morgan fingerprint density at radius 3 is 2.66 bits per heavy atom. The molecule has 1 saturated heterocycles. The first-order chi connectivity index (χ1) is 16.6. The average Bonchev–Trinajstić information content (AvgIpc) is 3.43. The lowest BCUT2D eigenvalue weighted by Crippen LogP contribution is -2.23. The summed E-state index contributed by atoms with van der Waals surface area (Å²) in [4.78, 5) is 2.62. The summed E-state index contributed by atoms with van der Waals surface area (Å²) in [5, 5.41) is 9.05. The zero-order valence-corrected chi connectivity index (χ0v) is 20.3. The molecular weight excluding hydrogens is 499 g/mol. The second kappa shape index (κ2) is 9.89. The Bertz CT molecular complexity index is 1360. The highest BCUT2D eigenvalue weighted by Crippen LogP contribution is 2.39. The molecule has 1 aliphatic heterocycles. The number of likely N-dealkylation sites (tertiary alicyclic amines) is 1. The molecule has 1 atom stereocenters. The van der Waals surface area contributed by atoms with Crippen molar-refractivity contribution in [3.63, 3.8) is 0 Å². The van der Waals surface area contributed by atoms with Crippen molar-refractivity contribution in [3.05, 3.63) is 65.7 Å². The summed E-state index contributed by atoms with van der Waals surface area (Å²) in [6.07, 6.45) is -4.30. The van der Waals surface area contributed by atoms with E-state index in [-0.39, 0.29) is 16.3 Å². The van der Waals surface area contributed by atoms with Crippen molar-refractivity contribution in [2.45, 2.75) is 29.3 Å². The van der Waals surface area contributed by atoms with Crippen LogP contribution < -0.4 is 9.46 Å². The maximum Gasteiger partial charge on any atom is 0.419 e. The number of nitrogens with zero attached hydrogens (tertiary/aromatic N) is 2. The summed E-state index contributed by atoms with van der Waals surface area (Å²) < 4.78 is 74.6. The molecule has 2 aromatic carbocycles. The molecule has 0 saturated carbocycles. The number of ether oxygens (including phenoxy) is 1. The maximum atomic E-state index is 13.5. The van der Waals surface area contributed by atoms with Gasteiger partial charge < -0.3 is 9.64 Å². The van der Waals surface area contributed by atoms with Crippen molar-refractivity contribution in [1.82, 2.24) is 4.90 Å². The van der Waals surface area contributed by atoms with Gasteiger partial charge in [-0.2, -0.15) is 18.4 Å². The normalized spacial score (nSPS) is 16.7. The molecule has 4 rings (SSSR count). The first-order valence-corrected chi connectivity index (χ1v) is 13.0. The van der Waals surface area contributed by atoms with E-state index in [1.807, 2.05) is 18.0 Å². The Balaban J connectivity index is 1.60. The summed E-state index contributed by atoms with van der Waals surface area (Å²) in [5.41, 5.74) is 0.546. The van der Waals surface area contributed by atoms with Gasteiger partial charge in [0, 0.05) is 24.0 Å². The number of thiophene rings is 1. The number of halogens is 3. The van der Waals surface area contributed by atoms with Crippen LogP contribution in [-0.4, -0.2) is 39.6 Å². The Morgan fingerprint density at radius 1 is 1.20 bits per heavy atom. The van der Waals surface area contributed by atoms with Gasteiger partial charge >= 0.3 is 6.18 Å². The standard InChI is InChI=1S/C24H22F3N3O3S2/c1-30-13-11-18(15-30)33-21-14-17(6-7-20(21)24(25,26)27)29-35(31,32)23-9-8-22(34-23)19-5-3-2-4-16(19)10-12-28/h2-9,14,18,29H,10-11,13,15H2,1H3. The number of likely N-dealkylation sites (N-methyl/N-ethyl adjacent to an activating group) is 1. The Morgan fingerprint density at radius 2 is 1.97 bits per heavy atom. The predicted molar refractivity (Wildman–Crippen MR) is 128 cm³/mol. The van der Waals surface area contributed by atoms with Crippen molar-refractivity contribution in [2.24, 2.45) is 0 Å². The third-order valence-corrected chi connectivity index (χ3v) is 8.57. The molecule has 0 amide bonds. The van der Waals surface area contributed by atoms with Crippen LogP contribution in [0.5, 0.6) is 5.75 Å². The predicted octanol–water partition coefficient (Wildman–Crippen LogP) is 5.38.